The Morgan fingerprint density at radius 3 is 2.40 bits per heavy atom. The van der Waals surface area contributed by atoms with Gasteiger partial charge in [-0.05, 0) is 0 Å². The van der Waals surface area contributed by atoms with Gasteiger partial charge in [-0.2, -0.15) is 0 Å². The molecule has 0 unspecified atom stereocenters. The van der Waals surface area contributed by atoms with E-state index in [0.29, 0.717) is 0 Å². The number of nitrogens with zero attached hydrogens (tertiary/aromatic N) is 1. The van der Waals surface area contributed by atoms with E-state index in [1.165, 1.54) is 0 Å². The van der Waals surface area contributed by atoms with Gasteiger partial charge in [0.1, 0.15) is 0 Å². The standard InChI is InChI=1S/C4H6BrN3O2/c5-1-2(6)3(8-10)4(7)9/h6,10H,1H2,(H2,7,9)/b6-2?,8-3-. The first-order chi connectivity index (χ1) is 4.63. The molecule has 0 spiro atoms. The molecule has 56 valence electrons. The lowest BCUT2D eigenvalue weighted by atomic mass is 10.2. The summed E-state index contributed by atoms with van der Waals surface area (Å²) in [7, 11) is 0. The summed E-state index contributed by atoms with van der Waals surface area (Å²) in [6.07, 6.45) is 0. The number of oxime groups is 1. The summed E-state index contributed by atoms with van der Waals surface area (Å²) in [5.74, 6) is -0.910. The highest BCUT2D eigenvalue weighted by Crippen LogP contribution is 1.86. The molecule has 0 aliphatic heterocycles. The van der Waals surface area contributed by atoms with Crippen molar-refractivity contribution in [2.45, 2.75) is 0 Å². The number of hydrogen-bond acceptors (Lipinski definition) is 4. The maximum absolute atomic E-state index is 10.3. The Hall–Kier alpha value is -0.910. The van der Waals surface area contributed by atoms with E-state index in [1.807, 2.05) is 0 Å². The van der Waals surface area contributed by atoms with Gasteiger partial charge in [0.2, 0.25) is 0 Å². The molecule has 0 saturated carbocycles. The van der Waals surface area contributed by atoms with Crippen LogP contribution in [-0.4, -0.2) is 27.9 Å². The number of halogens is 1. The van der Waals surface area contributed by atoms with Gasteiger partial charge in [-0.1, -0.05) is 21.1 Å². The normalized spacial score (nSPS) is 11.1. The molecule has 10 heavy (non-hydrogen) atoms. The third-order valence-corrected chi connectivity index (χ3v) is 1.31. The van der Waals surface area contributed by atoms with Gasteiger partial charge in [0.25, 0.3) is 5.91 Å². The Labute approximate surface area is 65.5 Å². The molecule has 0 aromatic rings. The number of nitrogens with two attached hydrogens (primary N) is 1. The maximum Gasteiger partial charge on any atom is 0.272 e. The largest absolute Gasteiger partial charge is 0.410 e. The molecule has 0 saturated heterocycles. The number of carbonyl (C=O) groups excluding carboxylic acids is 1. The van der Waals surface area contributed by atoms with Crippen LogP contribution >= 0.6 is 15.9 Å². The van der Waals surface area contributed by atoms with Crippen molar-refractivity contribution >= 4 is 33.3 Å². The summed E-state index contributed by atoms with van der Waals surface area (Å²) in [6.45, 7) is 0. The molecule has 4 N–H and O–H groups in total. The molecular weight excluding hydrogens is 202 g/mol. The fraction of sp³-hybridized carbons (Fsp3) is 0.250. The molecule has 0 fully saturated rings. The fourth-order valence-corrected chi connectivity index (χ4v) is 0.587. The smallest absolute Gasteiger partial charge is 0.272 e. The van der Waals surface area contributed by atoms with Gasteiger partial charge in [-0.25, -0.2) is 0 Å². The average molecular weight is 208 g/mol. The van der Waals surface area contributed by atoms with Gasteiger partial charge in [0.05, 0.1) is 5.71 Å². The number of rotatable bonds is 3. The van der Waals surface area contributed by atoms with E-state index in [2.05, 4.69) is 21.1 Å². The first kappa shape index (κ1) is 9.09. The van der Waals surface area contributed by atoms with E-state index in [9.17, 15) is 4.79 Å². The van der Waals surface area contributed by atoms with E-state index in [4.69, 9.17) is 16.4 Å². The number of carbonyl (C=O) groups is 1. The van der Waals surface area contributed by atoms with Crippen LogP contribution in [0.3, 0.4) is 0 Å². The lowest BCUT2D eigenvalue weighted by Crippen LogP contribution is -2.30. The monoisotopic (exact) mass is 207 g/mol. The van der Waals surface area contributed by atoms with Crippen LogP contribution in [-0.2, 0) is 4.79 Å². The topological polar surface area (TPSA) is 99.5 Å². The molecule has 0 rings (SSSR count). The summed E-state index contributed by atoms with van der Waals surface area (Å²) in [5, 5.41) is 17.8. The van der Waals surface area contributed by atoms with Crippen LogP contribution < -0.4 is 5.73 Å². The molecule has 0 aliphatic rings. The van der Waals surface area contributed by atoms with Crippen molar-refractivity contribution < 1.29 is 10.0 Å². The second-order valence-electron chi connectivity index (χ2n) is 1.43. The Morgan fingerprint density at radius 2 is 2.30 bits per heavy atom. The number of primary amides is 1. The first-order valence-corrected chi connectivity index (χ1v) is 3.41. The van der Waals surface area contributed by atoms with Gasteiger partial charge in [0.15, 0.2) is 5.71 Å². The molecule has 0 bridgehead atoms. The van der Waals surface area contributed by atoms with Crippen molar-refractivity contribution in [2.75, 3.05) is 5.33 Å². The lowest BCUT2D eigenvalue weighted by molar-refractivity contribution is -0.111. The molecule has 0 aliphatic carbocycles. The molecule has 0 aromatic carbocycles. The zero-order valence-corrected chi connectivity index (χ0v) is 6.55. The predicted molar refractivity (Wildman–Crippen MR) is 39.9 cm³/mol. The van der Waals surface area contributed by atoms with Crippen LogP contribution in [0.4, 0.5) is 0 Å². The highest BCUT2D eigenvalue weighted by atomic mass is 79.9. The van der Waals surface area contributed by atoms with Crippen molar-refractivity contribution in [3.8, 4) is 0 Å². The van der Waals surface area contributed by atoms with Crippen LogP contribution in [0, 0.1) is 5.41 Å². The highest BCUT2D eigenvalue weighted by Gasteiger charge is 2.12. The Kier molecular flexibility index (Phi) is 3.63. The van der Waals surface area contributed by atoms with Crippen molar-refractivity contribution in [1.29, 1.82) is 5.41 Å². The molecule has 5 nitrogen and oxygen atoms in total. The summed E-state index contributed by atoms with van der Waals surface area (Å²) < 4.78 is 0. The average Bonchev–Trinajstić information content (AvgIpc) is 1.88. The molecule has 0 atom stereocenters. The van der Waals surface area contributed by atoms with Crippen molar-refractivity contribution in [3.63, 3.8) is 0 Å². The number of nitrogens with one attached hydrogen (secondary N) is 1. The number of amides is 1. The van der Waals surface area contributed by atoms with Crippen LogP contribution in [0.2, 0.25) is 0 Å². The minimum absolute atomic E-state index is 0.134. The first-order valence-electron chi connectivity index (χ1n) is 2.29. The minimum atomic E-state index is -0.910. The van der Waals surface area contributed by atoms with E-state index in [1.54, 1.807) is 0 Å². The molecule has 0 heterocycles. The molecule has 1 amide bonds. The summed E-state index contributed by atoms with van der Waals surface area (Å²) in [5.41, 5.74) is 4.17. The lowest BCUT2D eigenvalue weighted by Gasteiger charge is -1.95. The van der Waals surface area contributed by atoms with Crippen LogP contribution in [0.5, 0.6) is 0 Å². The SMILES string of the molecule is N=C(CBr)/C(=N/O)C(N)=O. The van der Waals surface area contributed by atoms with Gasteiger partial charge in [-0.15, -0.1) is 0 Å². The fourth-order valence-electron chi connectivity index (χ4n) is 0.322. The second kappa shape index (κ2) is 3.99. The van der Waals surface area contributed by atoms with Crippen LogP contribution in [0.15, 0.2) is 5.16 Å². The quantitative estimate of drug-likeness (QED) is 0.257. The van der Waals surface area contributed by atoms with Crippen molar-refractivity contribution in [2.24, 2.45) is 10.9 Å². The third kappa shape index (κ3) is 2.14. The van der Waals surface area contributed by atoms with Crippen molar-refractivity contribution in [1.82, 2.24) is 0 Å². The predicted octanol–water partition coefficient (Wildman–Crippen LogP) is -0.283. The zero-order chi connectivity index (χ0) is 8.15. The van der Waals surface area contributed by atoms with Gasteiger partial charge in [0, 0.05) is 5.33 Å². The Morgan fingerprint density at radius 1 is 1.80 bits per heavy atom. The van der Waals surface area contributed by atoms with Crippen LogP contribution in [0.1, 0.15) is 0 Å². The summed E-state index contributed by atoms with van der Waals surface area (Å²) in [4.78, 5) is 10.3. The Balaban J connectivity index is 4.39. The summed E-state index contributed by atoms with van der Waals surface area (Å²) in [6, 6.07) is 0. The Bertz CT molecular complexity index is 189. The van der Waals surface area contributed by atoms with E-state index in [-0.39, 0.29) is 11.0 Å². The van der Waals surface area contributed by atoms with Gasteiger partial charge < -0.3 is 16.4 Å². The van der Waals surface area contributed by atoms with Crippen LogP contribution in [0.25, 0.3) is 0 Å². The molecule has 6 heteroatoms. The zero-order valence-electron chi connectivity index (χ0n) is 4.97. The number of alkyl halides is 1. The second-order valence-corrected chi connectivity index (χ2v) is 1.99. The van der Waals surface area contributed by atoms with Gasteiger partial charge in [-0.3, -0.25) is 4.79 Å². The minimum Gasteiger partial charge on any atom is -0.410 e. The maximum atomic E-state index is 10.3. The van der Waals surface area contributed by atoms with E-state index in [0.717, 1.165) is 0 Å². The molecule has 0 radical (unpaired) electrons. The number of hydrogen-bond donors (Lipinski definition) is 3. The van der Waals surface area contributed by atoms with E-state index < -0.39 is 11.6 Å². The van der Waals surface area contributed by atoms with Gasteiger partial charge >= 0.3 is 0 Å². The summed E-state index contributed by atoms with van der Waals surface area (Å²) >= 11 is 2.90. The van der Waals surface area contributed by atoms with Crippen molar-refractivity contribution in [3.05, 3.63) is 0 Å². The third-order valence-electron chi connectivity index (χ3n) is 0.753. The molecule has 0 aromatic heterocycles. The highest BCUT2D eigenvalue weighted by molar-refractivity contribution is 9.09. The molecular formula is C4H6BrN3O2. The van der Waals surface area contributed by atoms with E-state index >= 15 is 0 Å².